The molecule has 3 rings (SSSR count). The molecule has 2 N–H and O–H groups in total. The number of nitrogens with zero attached hydrogens (tertiary/aromatic N) is 2. The van der Waals surface area contributed by atoms with Crippen molar-refractivity contribution >= 4 is 6.03 Å². The maximum absolute atomic E-state index is 11.0. The van der Waals surface area contributed by atoms with Gasteiger partial charge in [0.05, 0.1) is 12.8 Å². The minimum Gasteiger partial charge on any atom is -0.497 e. The summed E-state index contributed by atoms with van der Waals surface area (Å²) < 4.78 is 12.0. The zero-order chi connectivity index (χ0) is 16.2. The van der Waals surface area contributed by atoms with Crippen molar-refractivity contribution in [3.05, 3.63) is 60.8 Å². The highest BCUT2D eigenvalue weighted by Crippen LogP contribution is 2.26. The molecule has 0 aliphatic carbocycles. The van der Waals surface area contributed by atoms with Gasteiger partial charge >= 0.3 is 6.03 Å². The lowest BCUT2D eigenvalue weighted by Gasteiger charge is -2.07. The summed E-state index contributed by atoms with van der Waals surface area (Å²) in [5.74, 6) is 2.20. The molecular formula is C17H15N3O3. The fourth-order valence-electron chi connectivity index (χ4n) is 2.07. The average Bonchev–Trinajstić information content (AvgIpc) is 3.07. The van der Waals surface area contributed by atoms with Crippen LogP contribution in [0, 0.1) is 0 Å². The van der Waals surface area contributed by atoms with Crippen molar-refractivity contribution in [2.45, 2.75) is 0 Å². The summed E-state index contributed by atoms with van der Waals surface area (Å²) in [6, 6.07) is 15.9. The lowest BCUT2D eigenvalue weighted by atomic mass is 10.1. The second-order valence-electron chi connectivity index (χ2n) is 4.79. The molecule has 0 saturated carbocycles. The maximum Gasteiger partial charge on any atom is 0.339 e. The number of hydrogen-bond acceptors (Lipinski definition) is 4. The number of amides is 1. The number of hydrogen-bond donors (Lipinski definition) is 1. The van der Waals surface area contributed by atoms with E-state index in [9.17, 15) is 4.79 Å². The summed E-state index contributed by atoms with van der Waals surface area (Å²) in [5.41, 5.74) is 6.70. The Labute approximate surface area is 133 Å². The molecule has 0 radical (unpaired) electrons. The summed E-state index contributed by atoms with van der Waals surface area (Å²) in [6.07, 6.45) is 1.53. The van der Waals surface area contributed by atoms with E-state index in [1.807, 2.05) is 48.5 Å². The minimum absolute atomic E-state index is 0.615. The van der Waals surface area contributed by atoms with Crippen LogP contribution in [0.1, 0.15) is 0 Å². The van der Waals surface area contributed by atoms with Gasteiger partial charge in [-0.05, 0) is 54.6 Å². The van der Waals surface area contributed by atoms with Crippen LogP contribution in [0.2, 0.25) is 0 Å². The molecule has 0 aliphatic heterocycles. The van der Waals surface area contributed by atoms with Crippen molar-refractivity contribution in [2.24, 2.45) is 5.73 Å². The molecule has 0 fully saturated rings. The third-order valence-corrected chi connectivity index (χ3v) is 3.26. The molecule has 3 aromatic rings. The first kappa shape index (κ1) is 14.6. The lowest BCUT2D eigenvalue weighted by molar-refractivity contribution is 0.248. The summed E-state index contributed by atoms with van der Waals surface area (Å²) in [4.78, 5) is 11.0. The molecular weight excluding hydrogens is 294 g/mol. The maximum atomic E-state index is 11.0. The Morgan fingerprint density at radius 1 is 0.957 bits per heavy atom. The molecule has 0 unspecified atom stereocenters. The quantitative estimate of drug-likeness (QED) is 0.802. The van der Waals surface area contributed by atoms with Gasteiger partial charge in [-0.25, -0.2) is 4.79 Å². The Bertz CT molecular complexity index is 808. The largest absolute Gasteiger partial charge is 0.497 e. The molecule has 1 aromatic heterocycles. The van der Waals surface area contributed by atoms with Crippen LogP contribution in [0.4, 0.5) is 4.79 Å². The molecule has 0 atom stereocenters. The van der Waals surface area contributed by atoms with Crippen LogP contribution in [0.25, 0.3) is 11.3 Å². The van der Waals surface area contributed by atoms with Gasteiger partial charge in [-0.3, -0.25) is 0 Å². The van der Waals surface area contributed by atoms with Gasteiger partial charge in [0, 0.05) is 11.8 Å². The number of aromatic nitrogens is 2. The van der Waals surface area contributed by atoms with Gasteiger partial charge < -0.3 is 15.2 Å². The third-order valence-electron chi connectivity index (χ3n) is 3.26. The second-order valence-corrected chi connectivity index (χ2v) is 4.79. The van der Waals surface area contributed by atoms with Crippen molar-refractivity contribution in [1.82, 2.24) is 9.78 Å². The van der Waals surface area contributed by atoms with Crippen molar-refractivity contribution in [3.63, 3.8) is 0 Å². The molecule has 116 valence electrons. The molecule has 0 spiro atoms. The van der Waals surface area contributed by atoms with Gasteiger partial charge in [-0.1, -0.05) is 0 Å². The van der Waals surface area contributed by atoms with Crippen LogP contribution >= 0.6 is 0 Å². The number of rotatable bonds is 4. The van der Waals surface area contributed by atoms with Gasteiger partial charge in [0.1, 0.15) is 17.2 Å². The highest BCUT2D eigenvalue weighted by molar-refractivity contribution is 5.74. The smallest absolute Gasteiger partial charge is 0.339 e. The van der Waals surface area contributed by atoms with E-state index in [1.54, 1.807) is 13.2 Å². The Morgan fingerprint density at radius 3 is 2.04 bits per heavy atom. The Morgan fingerprint density at radius 2 is 1.52 bits per heavy atom. The van der Waals surface area contributed by atoms with Crippen molar-refractivity contribution < 1.29 is 14.3 Å². The van der Waals surface area contributed by atoms with E-state index >= 15 is 0 Å². The first-order valence-corrected chi connectivity index (χ1v) is 6.93. The molecule has 0 aliphatic rings. The molecule has 23 heavy (non-hydrogen) atoms. The fourth-order valence-corrected chi connectivity index (χ4v) is 2.07. The van der Waals surface area contributed by atoms with Gasteiger partial charge in [0.2, 0.25) is 0 Å². The van der Waals surface area contributed by atoms with Crippen LogP contribution in [0.5, 0.6) is 17.2 Å². The Hall–Kier alpha value is -3.28. The summed E-state index contributed by atoms with van der Waals surface area (Å²) in [5, 5.41) is 4.10. The topological polar surface area (TPSA) is 79.4 Å². The summed E-state index contributed by atoms with van der Waals surface area (Å²) >= 11 is 0. The fraction of sp³-hybridized carbons (Fsp3) is 0.0588. The molecule has 2 aromatic carbocycles. The zero-order valence-corrected chi connectivity index (χ0v) is 12.5. The van der Waals surface area contributed by atoms with E-state index < -0.39 is 6.03 Å². The van der Waals surface area contributed by atoms with E-state index in [-0.39, 0.29) is 0 Å². The lowest BCUT2D eigenvalue weighted by Crippen LogP contribution is -2.19. The monoisotopic (exact) mass is 309 g/mol. The second kappa shape index (κ2) is 6.23. The highest BCUT2D eigenvalue weighted by Gasteiger charge is 2.06. The van der Waals surface area contributed by atoms with E-state index in [0.717, 1.165) is 21.7 Å². The molecule has 0 saturated heterocycles. The van der Waals surface area contributed by atoms with E-state index in [2.05, 4.69) is 5.10 Å². The first-order valence-electron chi connectivity index (χ1n) is 6.93. The number of methoxy groups -OCH3 is 1. The van der Waals surface area contributed by atoms with Crippen LogP contribution in [0.15, 0.2) is 60.8 Å². The standard InChI is InChI=1S/C17H15N3O3/c1-22-13-6-8-15(9-7-13)23-14-4-2-12(3-5-14)16-10-11-20(19-16)17(18)21/h2-11H,1H3,(H2,18,21). The van der Waals surface area contributed by atoms with Gasteiger partial charge in [0.25, 0.3) is 0 Å². The normalized spacial score (nSPS) is 10.3. The third kappa shape index (κ3) is 3.32. The van der Waals surface area contributed by atoms with Gasteiger partial charge in [-0.2, -0.15) is 9.78 Å². The number of primary amides is 1. The highest BCUT2D eigenvalue weighted by atomic mass is 16.5. The van der Waals surface area contributed by atoms with Crippen LogP contribution in [-0.4, -0.2) is 22.9 Å². The number of ether oxygens (including phenoxy) is 2. The van der Waals surface area contributed by atoms with Crippen LogP contribution < -0.4 is 15.2 Å². The molecule has 6 nitrogen and oxygen atoms in total. The average molecular weight is 309 g/mol. The predicted molar refractivity (Wildman–Crippen MR) is 85.7 cm³/mol. The molecule has 1 amide bonds. The van der Waals surface area contributed by atoms with Crippen LogP contribution in [-0.2, 0) is 0 Å². The Kier molecular flexibility index (Phi) is 3.97. The summed E-state index contributed by atoms with van der Waals surface area (Å²) in [7, 11) is 1.62. The molecule has 6 heteroatoms. The van der Waals surface area contributed by atoms with E-state index in [1.165, 1.54) is 6.20 Å². The van der Waals surface area contributed by atoms with E-state index in [4.69, 9.17) is 15.2 Å². The molecule has 0 bridgehead atoms. The number of carbonyl (C=O) groups is 1. The first-order chi connectivity index (χ1) is 11.2. The zero-order valence-electron chi connectivity index (χ0n) is 12.5. The van der Waals surface area contributed by atoms with Crippen molar-refractivity contribution in [2.75, 3.05) is 7.11 Å². The van der Waals surface area contributed by atoms with E-state index in [0.29, 0.717) is 11.4 Å². The van der Waals surface area contributed by atoms with Crippen molar-refractivity contribution in [1.29, 1.82) is 0 Å². The minimum atomic E-state index is -0.615. The molecule has 1 heterocycles. The van der Waals surface area contributed by atoms with Gasteiger partial charge in [-0.15, -0.1) is 0 Å². The number of carbonyl (C=O) groups excluding carboxylic acids is 1. The van der Waals surface area contributed by atoms with Gasteiger partial charge in [0.15, 0.2) is 0 Å². The SMILES string of the molecule is COc1ccc(Oc2ccc(-c3ccn(C(N)=O)n3)cc2)cc1. The number of benzene rings is 2. The Balaban J connectivity index is 1.74. The predicted octanol–water partition coefficient (Wildman–Crippen LogP) is 3.28. The number of nitrogens with two attached hydrogens (primary N) is 1. The van der Waals surface area contributed by atoms with Crippen LogP contribution in [0.3, 0.4) is 0 Å². The van der Waals surface area contributed by atoms with Crippen molar-refractivity contribution in [3.8, 4) is 28.5 Å². The summed E-state index contributed by atoms with van der Waals surface area (Å²) in [6.45, 7) is 0.